The molecule has 18 heavy (non-hydrogen) atoms. The van der Waals surface area contributed by atoms with E-state index in [-0.39, 0.29) is 6.04 Å². The van der Waals surface area contributed by atoms with Crippen LogP contribution in [0.15, 0.2) is 24.4 Å². The Morgan fingerprint density at radius 2 is 2.33 bits per heavy atom. The SMILES string of the molecule is COc1ccc(C)cc1CC(NN)c1cn[nH]n1. The molecule has 1 unspecified atom stereocenters. The fourth-order valence-electron chi connectivity index (χ4n) is 1.91. The molecule has 0 saturated carbocycles. The highest BCUT2D eigenvalue weighted by Crippen LogP contribution is 2.24. The van der Waals surface area contributed by atoms with Gasteiger partial charge < -0.3 is 4.74 Å². The first-order valence-electron chi connectivity index (χ1n) is 5.70. The maximum atomic E-state index is 5.57. The van der Waals surface area contributed by atoms with Crippen LogP contribution in [-0.2, 0) is 6.42 Å². The van der Waals surface area contributed by atoms with Crippen molar-refractivity contribution in [1.82, 2.24) is 20.8 Å². The number of aromatic nitrogens is 3. The number of ether oxygens (including phenoxy) is 1. The number of nitrogens with zero attached hydrogens (tertiary/aromatic N) is 2. The Morgan fingerprint density at radius 3 is 2.94 bits per heavy atom. The van der Waals surface area contributed by atoms with Crippen LogP contribution in [0.4, 0.5) is 0 Å². The van der Waals surface area contributed by atoms with Crippen LogP contribution >= 0.6 is 0 Å². The van der Waals surface area contributed by atoms with E-state index >= 15 is 0 Å². The summed E-state index contributed by atoms with van der Waals surface area (Å²) in [7, 11) is 1.66. The summed E-state index contributed by atoms with van der Waals surface area (Å²) in [6, 6.07) is 5.97. The second-order valence-corrected chi connectivity index (χ2v) is 4.13. The van der Waals surface area contributed by atoms with Crippen LogP contribution in [0, 0.1) is 6.92 Å². The molecular weight excluding hydrogens is 230 g/mol. The van der Waals surface area contributed by atoms with Gasteiger partial charge in [0.1, 0.15) is 11.4 Å². The first-order valence-corrected chi connectivity index (χ1v) is 5.70. The maximum absolute atomic E-state index is 5.57. The smallest absolute Gasteiger partial charge is 0.122 e. The van der Waals surface area contributed by atoms with E-state index in [4.69, 9.17) is 10.6 Å². The van der Waals surface area contributed by atoms with Crippen LogP contribution in [0.25, 0.3) is 0 Å². The molecule has 0 aliphatic rings. The molecule has 0 saturated heterocycles. The predicted octanol–water partition coefficient (Wildman–Crippen LogP) is 0.869. The lowest BCUT2D eigenvalue weighted by Gasteiger charge is -2.15. The van der Waals surface area contributed by atoms with E-state index in [0.29, 0.717) is 6.42 Å². The summed E-state index contributed by atoms with van der Waals surface area (Å²) in [6.07, 6.45) is 2.35. The van der Waals surface area contributed by atoms with Crippen molar-refractivity contribution in [2.45, 2.75) is 19.4 Å². The lowest BCUT2D eigenvalue weighted by Crippen LogP contribution is -2.30. The molecule has 1 atom stereocenters. The Bertz CT molecular complexity index is 497. The Kier molecular flexibility index (Phi) is 3.91. The average Bonchev–Trinajstić information content (AvgIpc) is 2.90. The minimum absolute atomic E-state index is 0.0977. The quantitative estimate of drug-likeness (QED) is 0.539. The monoisotopic (exact) mass is 247 g/mol. The van der Waals surface area contributed by atoms with Crippen molar-refractivity contribution >= 4 is 0 Å². The lowest BCUT2D eigenvalue weighted by molar-refractivity contribution is 0.405. The Hall–Kier alpha value is -1.92. The summed E-state index contributed by atoms with van der Waals surface area (Å²) in [6.45, 7) is 2.05. The van der Waals surface area contributed by atoms with Gasteiger partial charge in [0, 0.05) is 0 Å². The number of aryl methyl sites for hydroxylation is 1. The first-order chi connectivity index (χ1) is 8.74. The van der Waals surface area contributed by atoms with Crippen molar-refractivity contribution in [2.24, 2.45) is 5.84 Å². The Morgan fingerprint density at radius 1 is 1.50 bits per heavy atom. The van der Waals surface area contributed by atoms with Crippen LogP contribution < -0.4 is 16.0 Å². The largest absolute Gasteiger partial charge is 0.496 e. The van der Waals surface area contributed by atoms with Gasteiger partial charge >= 0.3 is 0 Å². The van der Waals surface area contributed by atoms with Gasteiger partial charge in [-0.3, -0.25) is 11.3 Å². The standard InChI is InChI=1S/C12H17N5O/c1-8-3-4-12(18-2)9(5-8)6-10(15-13)11-7-14-17-16-11/h3-5,7,10,15H,6,13H2,1-2H3,(H,14,16,17). The van der Waals surface area contributed by atoms with Gasteiger partial charge in [0.05, 0.1) is 19.3 Å². The fraction of sp³-hybridized carbons (Fsp3) is 0.333. The van der Waals surface area contributed by atoms with Crippen molar-refractivity contribution in [3.63, 3.8) is 0 Å². The van der Waals surface area contributed by atoms with Gasteiger partial charge in [0.25, 0.3) is 0 Å². The second kappa shape index (κ2) is 5.61. The van der Waals surface area contributed by atoms with Crippen LogP contribution in [0.3, 0.4) is 0 Å². The highest BCUT2D eigenvalue weighted by Gasteiger charge is 2.15. The molecule has 2 rings (SSSR count). The minimum Gasteiger partial charge on any atom is -0.496 e. The van der Waals surface area contributed by atoms with Crippen LogP contribution in [0.1, 0.15) is 22.9 Å². The normalized spacial score (nSPS) is 12.4. The number of hydrogen-bond donors (Lipinski definition) is 3. The summed E-state index contributed by atoms with van der Waals surface area (Å²) >= 11 is 0. The first kappa shape index (κ1) is 12.5. The molecule has 1 aromatic carbocycles. The fourth-order valence-corrected chi connectivity index (χ4v) is 1.91. The summed E-state index contributed by atoms with van der Waals surface area (Å²) in [5.74, 6) is 6.42. The zero-order chi connectivity index (χ0) is 13.0. The number of benzene rings is 1. The molecule has 0 aliphatic heterocycles. The van der Waals surface area contributed by atoms with E-state index < -0.39 is 0 Å². The van der Waals surface area contributed by atoms with Gasteiger partial charge in [0.15, 0.2) is 0 Å². The molecule has 0 bridgehead atoms. The summed E-state index contributed by atoms with van der Waals surface area (Å²) in [5, 5.41) is 10.4. The van der Waals surface area contributed by atoms with Crippen molar-refractivity contribution in [3.8, 4) is 5.75 Å². The van der Waals surface area contributed by atoms with E-state index in [9.17, 15) is 0 Å². The molecule has 96 valence electrons. The van der Waals surface area contributed by atoms with E-state index in [1.807, 2.05) is 19.1 Å². The van der Waals surface area contributed by atoms with Gasteiger partial charge in [-0.15, -0.1) is 0 Å². The highest BCUT2D eigenvalue weighted by molar-refractivity contribution is 5.37. The van der Waals surface area contributed by atoms with Crippen molar-refractivity contribution in [2.75, 3.05) is 7.11 Å². The summed E-state index contributed by atoms with van der Waals surface area (Å²) in [4.78, 5) is 0. The Labute approximate surface area is 106 Å². The van der Waals surface area contributed by atoms with Crippen LogP contribution in [-0.4, -0.2) is 22.5 Å². The third-order valence-electron chi connectivity index (χ3n) is 2.85. The number of methoxy groups -OCH3 is 1. The van der Waals surface area contributed by atoms with E-state index in [1.54, 1.807) is 13.3 Å². The van der Waals surface area contributed by atoms with Gasteiger partial charge in [-0.25, -0.2) is 0 Å². The molecule has 6 nitrogen and oxygen atoms in total. The molecule has 0 fully saturated rings. The molecule has 1 heterocycles. The van der Waals surface area contributed by atoms with Crippen molar-refractivity contribution < 1.29 is 4.74 Å². The van der Waals surface area contributed by atoms with E-state index in [2.05, 4.69) is 26.9 Å². The minimum atomic E-state index is -0.0977. The number of nitrogens with two attached hydrogens (primary N) is 1. The van der Waals surface area contributed by atoms with E-state index in [1.165, 1.54) is 5.56 Å². The predicted molar refractivity (Wildman–Crippen MR) is 67.9 cm³/mol. The number of rotatable bonds is 5. The molecule has 2 aromatic rings. The highest BCUT2D eigenvalue weighted by atomic mass is 16.5. The zero-order valence-corrected chi connectivity index (χ0v) is 10.5. The maximum Gasteiger partial charge on any atom is 0.122 e. The number of nitrogens with one attached hydrogen (secondary N) is 2. The zero-order valence-electron chi connectivity index (χ0n) is 10.5. The molecule has 0 radical (unpaired) electrons. The van der Waals surface area contributed by atoms with Crippen molar-refractivity contribution in [1.29, 1.82) is 0 Å². The molecule has 4 N–H and O–H groups in total. The molecule has 6 heteroatoms. The Balaban J connectivity index is 2.24. The molecule has 1 aromatic heterocycles. The lowest BCUT2D eigenvalue weighted by atomic mass is 10.0. The molecule has 0 aliphatic carbocycles. The molecular formula is C12H17N5O. The van der Waals surface area contributed by atoms with Crippen LogP contribution in [0.5, 0.6) is 5.75 Å². The van der Waals surface area contributed by atoms with Gasteiger partial charge in [-0.05, 0) is 25.0 Å². The third kappa shape index (κ3) is 2.66. The summed E-state index contributed by atoms with van der Waals surface area (Å²) in [5.41, 5.74) is 5.79. The van der Waals surface area contributed by atoms with E-state index in [0.717, 1.165) is 17.0 Å². The molecule has 0 spiro atoms. The number of hydrazine groups is 1. The average molecular weight is 247 g/mol. The second-order valence-electron chi connectivity index (χ2n) is 4.13. The topological polar surface area (TPSA) is 88.9 Å². The molecule has 0 amide bonds. The number of H-pyrrole nitrogens is 1. The summed E-state index contributed by atoms with van der Waals surface area (Å²) < 4.78 is 5.35. The number of hydrogen-bond acceptors (Lipinski definition) is 5. The van der Waals surface area contributed by atoms with Gasteiger partial charge in [-0.2, -0.15) is 15.4 Å². The van der Waals surface area contributed by atoms with Gasteiger partial charge in [-0.1, -0.05) is 17.7 Å². The van der Waals surface area contributed by atoms with Crippen LogP contribution in [0.2, 0.25) is 0 Å². The number of aromatic amines is 1. The third-order valence-corrected chi connectivity index (χ3v) is 2.85. The van der Waals surface area contributed by atoms with Crippen molar-refractivity contribution in [3.05, 3.63) is 41.2 Å². The van der Waals surface area contributed by atoms with Gasteiger partial charge in [0.2, 0.25) is 0 Å².